The lowest BCUT2D eigenvalue weighted by Crippen LogP contribution is -2.05. The van der Waals surface area contributed by atoms with Gasteiger partial charge in [0, 0.05) is 30.1 Å². The van der Waals surface area contributed by atoms with Crippen LogP contribution in [0, 0.1) is 6.92 Å². The summed E-state index contributed by atoms with van der Waals surface area (Å²) in [6.07, 6.45) is 1.78. The lowest BCUT2D eigenvalue weighted by atomic mass is 10.0. The molecule has 0 fully saturated rings. The average molecular weight is 256 g/mol. The number of amides is 1. The van der Waals surface area contributed by atoms with Gasteiger partial charge in [0.15, 0.2) is 0 Å². The van der Waals surface area contributed by atoms with Gasteiger partial charge in [0.2, 0.25) is 5.91 Å². The Balaban J connectivity index is 0.000000861. The molecule has 0 saturated carbocycles. The Hall–Kier alpha value is -2.16. The number of hydrogen-bond acceptors (Lipinski definition) is 2. The maximum absolute atomic E-state index is 10.9. The first-order valence-electron chi connectivity index (χ1n) is 6.46. The zero-order valence-corrected chi connectivity index (χ0v) is 11.9. The van der Waals surface area contributed by atoms with Crippen molar-refractivity contribution in [1.82, 2.24) is 4.98 Å². The lowest BCUT2D eigenvalue weighted by molar-refractivity contribution is -0.114. The SMILES string of the molecule is CC.CC(=O)Nc1ccc(-c2cccnc2C)cc1. The van der Waals surface area contributed by atoms with Crippen molar-refractivity contribution in [2.24, 2.45) is 0 Å². The van der Waals surface area contributed by atoms with E-state index in [0.717, 1.165) is 22.5 Å². The topological polar surface area (TPSA) is 42.0 Å². The normalized spacial score (nSPS) is 9.26. The molecule has 0 atom stereocenters. The summed E-state index contributed by atoms with van der Waals surface area (Å²) >= 11 is 0. The number of nitrogens with zero attached hydrogens (tertiary/aromatic N) is 1. The molecular formula is C16H20N2O. The Morgan fingerprint density at radius 2 is 1.74 bits per heavy atom. The largest absolute Gasteiger partial charge is 0.326 e. The molecule has 0 radical (unpaired) electrons. The number of carbonyl (C=O) groups excluding carboxylic acids is 1. The molecule has 0 aliphatic heterocycles. The van der Waals surface area contributed by atoms with Gasteiger partial charge in [-0.2, -0.15) is 0 Å². The molecule has 1 heterocycles. The van der Waals surface area contributed by atoms with Crippen LogP contribution < -0.4 is 5.32 Å². The van der Waals surface area contributed by atoms with E-state index in [-0.39, 0.29) is 5.91 Å². The van der Waals surface area contributed by atoms with Crippen LogP contribution in [0.15, 0.2) is 42.6 Å². The van der Waals surface area contributed by atoms with Crippen molar-refractivity contribution >= 4 is 11.6 Å². The first kappa shape index (κ1) is 14.9. The maximum atomic E-state index is 10.9. The highest BCUT2D eigenvalue weighted by atomic mass is 16.1. The van der Waals surface area contributed by atoms with Crippen molar-refractivity contribution in [1.29, 1.82) is 0 Å². The van der Waals surface area contributed by atoms with Crippen LogP contribution in [0.5, 0.6) is 0 Å². The molecule has 3 nitrogen and oxygen atoms in total. The van der Waals surface area contributed by atoms with Crippen molar-refractivity contribution in [3.05, 3.63) is 48.3 Å². The highest BCUT2D eigenvalue weighted by Crippen LogP contribution is 2.23. The van der Waals surface area contributed by atoms with E-state index in [0.29, 0.717) is 0 Å². The van der Waals surface area contributed by atoms with Crippen LogP contribution in [-0.2, 0) is 4.79 Å². The van der Waals surface area contributed by atoms with Crippen molar-refractivity contribution in [2.75, 3.05) is 5.32 Å². The van der Waals surface area contributed by atoms with Gasteiger partial charge in [-0.15, -0.1) is 0 Å². The van der Waals surface area contributed by atoms with Gasteiger partial charge in [0.1, 0.15) is 0 Å². The van der Waals surface area contributed by atoms with Gasteiger partial charge in [-0.05, 0) is 30.7 Å². The van der Waals surface area contributed by atoms with Crippen LogP contribution in [-0.4, -0.2) is 10.9 Å². The molecule has 1 aromatic carbocycles. The Bertz CT molecular complexity index is 533. The number of nitrogens with one attached hydrogen (secondary N) is 1. The Morgan fingerprint density at radius 1 is 1.11 bits per heavy atom. The highest BCUT2D eigenvalue weighted by molar-refractivity contribution is 5.89. The molecule has 3 heteroatoms. The Kier molecular flexibility index (Phi) is 5.73. The summed E-state index contributed by atoms with van der Waals surface area (Å²) in [4.78, 5) is 15.2. The lowest BCUT2D eigenvalue weighted by Gasteiger charge is -2.06. The number of aromatic nitrogens is 1. The molecule has 1 amide bonds. The van der Waals surface area contributed by atoms with Crippen LogP contribution in [0.4, 0.5) is 5.69 Å². The fourth-order valence-electron chi connectivity index (χ4n) is 1.73. The molecule has 0 bridgehead atoms. The van der Waals surface area contributed by atoms with E-state index in [1.807, 2.05) is 57.2 Å². The molecule has 0 unspecified atom stereocenters. The fraction of sp³-hybridized carbons (Fsp3) is 0.250. The summed E-state index contributed by atoms with van der Waals surface area (Å²) in [5, 5.41) is 2.74. The standard InChI is InChI=1S/C14H14N2O.C2H6/c1-10-14(4-3-9-15-10)12-5-7-13(8-6-12)16-11(2)17;1-2/h3-9H,1-2H3,(H,16,17);1-2H3. The van der Waals surface area contributed by atoms with Crippen LogP contribution >= 0.6 is 0 Å². The molecule has 0 aliphatic carbocycles. The van der Waals surface area contributed by atoms with Crippen molar-refractivity contribution in [3.63, 3.8) is 0 Å². The fourth-order valence-corrected chi connectivity index (χ4v) is 1.73. The monoisotopic (exact) mass is 256 g/mol. The minimum absolute atomic E-state index is 0.0599. The van der Waals surface area contributed by atoms with Crippen LogP contribution in [0.3, 0.4) is 0 Å². The van der Waals surface area contributed by atoms with E-state index < -0.39 is 0 Å². The maximum Gasteiger partial charge on any atom is 0.221 e. The van der Waals surface area contributed by atoms with Crippen LogP contribution in [0.1, 0.15) is 26.5 Å². The Morgan fingerprint density at radius 3 is 2.26 bits per heavy atom. The quantitative estimate of drug-likeness (QED) is 0.881. The summed E-state index contributed by atoms with van der Waals surface area (Å²) in [5.41, 5.74) is 4.02. The third-order valence-electron chi connectivity index (χ3n) is 2.52. The number of carbonyl (C=O) groups is 1. The molecule has 0 spiro atoms. The summed E-state index contributed by atoms with van der Waals surface area (Å²) in [6.45, 7) is 7.48. The number of aryl methyl sites for hydroxylation is 1. The average Bonchev–Trinajstić information content (AvgIpc) is 2.42. The molecule has 1 N–H and O–H groups in total. The second kappa shape index (κ2) is 7.31. The van der Waals surface area contributed by atoms with Gasteiger partial charge in [0.05, 0.1) is 0 Å². The molecule has 1 aromatic heterocycles. The molecule has 19 heavy (non-hydrogen) atoms. The van der Waals surface area contributed by atoms with Gasteiger partial charge in [-0.1, -0.05) is 32.0 Å². The zero-order chi connectivity index (χ0) is 14.3. The zero-order valence-electron chi connectivity index (χ0n) is 11.9. The summed E-state index contributed by atoms with van der Waals surface area (Å²) in [6, 6.07) is 11.7. The minimum atomic E-state index is -0.0599. The van der Waals surface area contributed by atoms with E-state index >= 15 is 0 Å². The first-order chi connectivity index (χ1) is 9.16. The van der Waals surface area contributed by atoms with Crippen molar-refractivity contribution in [3.8, 4) is 11.1 Å². The van der Waals surface area contributed by atoms with Crippen LogP contribution in [0.25, 0.3) is 11.1 Å². The number of benzene rings is 1. The highest BCUT2D eigenvalue weighted by Gasteiger charge is 2.02. The number of hydrogen-bond donors (Lipinski definition) is 1. The number of pyridine rings is 1. The molecule has 0 saturated heterocycles. The first-order valence-corrected chi connectivity index (χ1v) is 6.46. The molecule has 0 aliphatic rings. The van der Waals surface area contributed by atoms with Crippen molar-refractivity contribution in [2.45, 2.75) is 27.7 Å². The van der Waals surface area contributed by atoms with Crippen molar-refractivity contribution < 1.29 is 4.79 Å². The van der Waals surface area contributed by atoms with Gasteiger partial charge < -0.3 is 5.32 Å². The van der Waals surface area contributed by atoms with Crippen LogP contribution in [0.2, 0.25) is 0 Å². The third-order valence-corrected chi connectivity index (χ3v) is 2.52. The summed E-state index contributed by atoms with van der Waals surface area (Å²) in [5.74, 6) is -0.0599. The predicted molar refractivity (Wildman–Crippen MR) is 80.1 cm³/mol. The van der Waals surface area contributed by atoms with E-state index in [2.05, 4.69) is 10.3 Å². The second-order valence-corrected chi connectivity index (χ2v) is 3.89. The minimum Gasteiger partial charge on any atom is -0.326 e. The molecular weight excluding hydrogens is 236 g/mol. The number of anilines is 1. The van der Waals surface area contributed by atoms with E-state index in [4.69, 9.17) is 0 Å². The number of rotatable bonds is 2. The van der Waals surface area contributed by atoms with E-state index in [9.17, 15) is 4.79 Å². The molecule has 100 valence electrons. The van der Waals surface area contributed by atoms with Gasteiger partial charge in [-0.25, -0.2) is 0 Å². The van der Waals surface area contributed by atoms with Gasteiger partial charge >= 0.3 is 0 Å². The van der Waals surface area contributed by atoms with Gasteiger partial charge in [0.25, 0.3) is 0 Å². The predicted octanol–water partition coefficient (Wildman–Crippen LogP) is 4.04. The second-order valence-electron chi connectivity index (χ2n) is 3.89. The van der Waals surface area contributed by atoms with E-state index in [1.54, 1.807) is 6.20 Å². The smallest absolute Gasteiger partial charge is 0.221 e. The summed E-state index contributed by atoms with van der Waals surface area (Å²) in [7, 11) is 0. The van der Waals surface area contributed by atoms with Gasteiger partial charge in [-0.3, -0.25) is 9.78 Å². The Labute approximate surface area is 114 Å². The third kappa shape index (κ3) is 4.21. The molecule has 2 rings (SSSR count). The molecule has 2 aromatic rings. The van der Waals surface area contributed by atoms with E-state index in [1.165, 1.54) is 6.92 Å². The summed E-state index contributed by atoms with van der Waals surface area (Å²) < 4.78 is 0.